The fourth-order valence-corrected chi connectivity index (χ4v) is 2.47. The van der Waals surface area contributed by atoms with E-state index >= 15 is 0 Å². The van der Waals surface area contributed by atoms with E-state index in [-0.39, 0.29) is 0 Å². The van der Waals surface area contributed by atoms with Gasteiger partial charge in [0.25, 0.3) is 0 Å². The van der Waals surface area contributed by atoms with Gasteiger partial charge >= 0.3 is 0 Å². The molecule has 1 atom stereocenters. The average molecular weight is 275 g/mol. The quantitative estimate of drug-likeness (QED) is 0.908. The fraction of sp³-hybridized carbons (Fsp3) is 0.312. The molecule has 2 nitrogen and oxygen atoms in total. The molecule has 0 saturated heterocycles. The van der Waals surface area contributed by atoms with E-state index in [0.717, 1.165) is 23.4 Å². The number of halogens is 1. The molecule has 0 bridgehead atoms. The van der Waals surface area contributed by atoms with Crippen molar-refractivity contribution in [2.45, 2.75) is 19.8 Å². The molecule has 0 fully saturated rings. The molecular formula is C16H19ClN2. The van der Waals surface area contributed by atoms with Crippen LogP contribution in [-0.2, 0) is 12.8 Å². The summed E-state index contributed by atoms with van der Waals surface area (Å²) < 4.78 is 0. The van der Waals surface area contributed by atoms with Crippen LogP contribution < -0.4 is 5.73 Å². The highest BCUT2D eigenvalue weighted by atomic mass is 35.5. The molecular weight excluding hydrogens is 256 g/mol. The summed E-state index contributed by atoms with van der Waals surface area (Å²) in [5.41, 5.74) is 9.72. The Labute approximate surface area is 119 Å². The van der Waals surface area contributed by atoms with Crippen molar-refractivity contribution in [1.82, 2.24) is 4.98 Å². The molecule has 1 unspecified atom stereocenters. The maximum Gasteiger partial charge on any atom is 0.0621 e. The van der Waals surface area contributed by atoms with Gasteiger partial charge in [-0.15, -0.1) is 0 Å². The number of rotatable bonds is 5. The van der Waals surface area contributed by atoms with Crippen molar-refractivity contribution in [2.75, 3.05) is 6.54 Å². The van der Waals surface area contributed by atoms with E-state index in [9.17, 15) is 0 Å². The fourth-order valence-electron chi connectivity index (χ4n) is 2.27. The molecule has 1 heterocycles. The van der Waals surface area contributed by atoms with Gasteiger partial charge in [-0.3, -0.25) is 4.98 Å². The minimum absolute atomic E-state index is 0.404. The van der Waals surface area contributed by atoms with Crippen LogP contribution in [0, 0.1) is 12.8 Å². The number of hydrogen-bond donors (Lipinski definition) is 1. The highest BCUT2D eigenvalue weighted by molar-refractivity contribution is 6.31. The molecule has 1 aromatic carbocycles. The van der Waals surface area contributed by atoms with E-state index < -0.39 is 0 Å². The third kappa shape index (κ3) is 3.79. The van der Waals surface area contributed by atoms with Crippen LogP contribution in [0.5, 0.6) is 0 Å². The van der Waals surface area contributed by atoms with E-state index in [1.165, 1.54) is 11.1 Å². The first kappa shape index (κ1) is 14.0. The largest absolute Gasteiger partial charge is 0.330 e. The molecule has 0 aliphatic carbocycles. The lowest BCUT2D eigenvalue weighted by Crippen LogP contribution is -2.20. The molecule has 0 amide bonds. The lowest BCUT2D eigenvalue weighted by molar-refractivity contribution is 0.532. The molecule has 2 rings (SSSR count). The third-order valence-corrected chi connectivity index (χ3v) is 3.81. The summed E-state index contributed by atoms with van der Waals surface area (Å²) in [5.74, 6) is 0.404. The molecule has 3 heteroatoms. The summed E-state index contributed by atoms with van der Waals surface area (Å²) in [6.07, 6.45) is 5.36. The first-order valence-electron chi connectivity index (χ1n) is 6.53. The number of pyridine rings is 1. The highest BCUT2D eigenvalue weighted by Gasteiger charge is 2.12. The second-order valence-electron chi connectivity index (χ2n) is 4.90. The first-order chi connectivity index (χ1) is 9.20. The van der Waals surface area contributed by atoms with Crippen LogP contribution in [0.4, 0.5) is 0 Å². The SMILES string of the molecule is Cc1ccccc1CC(CN)Cc1ccncc1Cl. The average Bonchev–Trinajstić information content (AvgIpc) is 2.42. The highest BCUT2D eigenvalue weighted by Crippen LogP contribution is 2.21. The smallest absolute Gasteiger partial charge is 0.0621 e. The molecule has 19 heavy (non-hydrogen) atoms. The zero-order valence-corrected chi connectivity index (χ0v) is 11.9. The topological polar surface area (TPSA) is 38.9 Å². The maximum atomic E-state index is 6.16. The van der Waals surface area contributed by atoms with Crippen molar-refractivity contribution in [3.63, 3.8) is 0 Å². The van der Waals surface area contributed by atoms with Gasteiger partial charge in [-0.2, -0.15) is 0 Å². The van der Waals surface area contributed by atoms with E-state index in [1.807, 2.05) is 6.07 Å². The predicted octanol–water partition coefficient (Wildman–Crippen LogP) is 3.40. The number of nitrogens with zero attached hydrogens (tertiary/aromatic N) is 1. The summed E-state index contributed by atoms with van der Waals surface area (Å²) in [6.45, 7) is 2.80. The van der Waals surface area contributed by atoms with Gasteiger partial charge in [-0.05, 0) is 55.0 Å². The Hall–Kier alpha value is -1.38. The Morgan fingerprint density at radius 2 is 1.89 bits per heavy atom. The molecule has 0 saturated carbocycles. The second kappa shape index (κ2) is 6.69. The third-order valence-electron chi connectivity index (χ3n) is 3.47. The van der Waals surface area contributed by atoms with Crippen molar-refractivity contribution >= 4 is 11.6 Å². The minimum atomic E-state index is 0.404. The minimum Gasteiger partial charge on any atom is -0.330 e. The molecule has 0 radical (unpaired) electrons. The number of benzene rings is 1. The Morgan fingerprint density at radius 3 is 2.58 bits per heavy atom. The van der Waals surface area contributed by atoms with Gasteiger partial charge in [0.05, 0.1) is 5.02 Å². The van der Waals surface area contributed by atoms with Crippen molar-refractivity contribution in [2.24, 2.45) is 11.7 Å². The van der Waals surface area contributed by atoms with E-state index in [4.69, 9.17) is 17.3 Å². The lowest BCUT2D eigenvalue weighted by atomic mass is 9.91. The summed E-state index contributed by atoms with van der Waals surface area (Å²) in [5, 5.41) is 0.728. The van der Waals surface area contributed by atoms with Gasteiger partial charge in [0.2, 0.25) is 0 Å². The number of hydrogen-bond acceptors (Lipinski definition) is 2. The van der Waals surface area contributed by atoms with E-state index in [1.54, 1.807) is 12.4 Å². The maximum absolute atomic E-state index is 6.16. The van der Waals surface area contributed by atoms with Crippen LogP contribution >= 0.6 is 11.6 Å². The van der Waals surface area contributed by atoms with Crippen LogP contribution in [0.3, 0.4) is 0 Å². The standard InChI is InChI=1S/C16H19ClN2/c1-12-4-2-3-5-14(12)8-13(10-18)9-15-6-7-19-11-16(15)17/h2-7,11,13H,8-10,18H2,1H3. The van der Waals surface area contributed by atoms with Crippen LogP contribution in [0.1, 0.15) is 16.7 Å². The summed E-state index contributed by atoms with van der Waals surface area (Å²) in [4.78, 5) is 4.01. The Bertz CT molecular complexity index is 492. The van der Waals surface area contributed by atoms with Crippen LogP contribution in [0.25, 0.3) is 0 Å². The Morgan fingerprint density at radius 1 is 1.16 bits per heavy atom. The van der Waals surface area contributed by atoms with Crippen molar-refractivity contribution in [1.29, 1.82) is 0 Å². The zero-order chi connectivity index (χ0) is 13.7. The molecule has 0 spiro atoms. The van der Waals surface area contributed by atoms with Crippen molar-refractivity contribution < 1.29 is 0 Å². The van der Waals surface area contributed by atoms with Gasteiger partial charge in [0.15, 0.2) is 0 Å². The summed E-state index contributed by atoms with van der Waals surface area (Å²) in [6, 6.07) is 10.4. The van der Waals surface area contributed by atoms with Gasteiger partial charge < -0.3 is 5.73 Å². The summed E-state index contributed by atoms with van der Waals surface area (Å²) in [7, 11) is 0. The normalized spacial score (nSPS) is 12.4. The van der Waals surface area contributed by atoms with Crippen molar-refractivity contribution in [3.8, 4) is 0 Å². The second-order valence-corrected chi connectivity index (χ2v) is 5.31. The number of nitrogens with two attached hydrogens (primary N) is 1. The van der Waals surface area contributed by atoms with Gasteiger partial charge in [0.1, 0.15) is 0 Å². The van der Waals surface area contributed by atoms with E-state index in [0.29, 0.717) is 12.5 Å². The van der Waals surface area contributed by atoms with Gasteiger partial charge in [-0.25, -0.2) is 0 Å². The Kier molecular flexibility index (Phi) is 4.94. The zero-order valence-electron chi connectivity index (χ0n) is 11.1. The number of aromatic nitrogens is 1. The first-order valence-corrected chi connectivity index (χ1v) is 6.91. The number of aryl methyl sites for hydroxylation is 1. The van der Waals surface area contributed by atoms with Crippen LogP contribution in [0.2, 0.25) is 5.02 Å². The molecule has 0 aliphatic rings. The van der Waals surface area contributed by atoms with Crippen LogP contribution in [-0.4, -0.2) is 11.5 Å². The predicted molar refractivity (Wildman–Crippen MR) is 80.4 cm³/mol. The van der Waals surface area contributed by atoms with Gasteiger partial charge in [-0.1, -0.05) is 35.9 Å². The molecule has 1 aromatic heterocycles. The lowest BCUT2D eigenvalue weighted by Gasteiger charge is -2.17. The molecule has 100 valence electrons. The molecule has 0 aliphatic heterocycles. The van der Waals surface area contributed by atoms with Crippen LogP contribution in [0.15, 0.2) is 42.7 Å². The monoisotopic (exact) mass is 274 g/mol. The molecule has 2 aromatic rings. The van der Waals surface area contributed by atoms with Crippen molar-refractivity contribution in [3.05, 3.63) is 64.4 Å². The van der Waals surface area contributed by atoms with Gasteiger partial charge in [0, 0.05) is 12.4 Å². The van der Waals surface area contributed by atoms with E-state index in [2.05, 4.69) is 36.2 Å². The summed E-state index contributed by atoms with van der Waals surface area (Å²) >= 11 is 6.16. The Balaban J connectivity index is 2.09. The molecule has 2 N–H and O–H groups in total.